The van der Waals surface area contributed by atoms with Gasteiger partial charge in [0.15, 0.2) is 0 Å². The van der Waals surface area contributed by atoms with Crippen molar-refractivity contribution in [1.29, 1.82) is 0 Å². The fourth-order valence-corrected chi connectivity index (χ4v) is 5.16. The summed E-state index contributed by atoms with van der Waals surface area (Å²) >= 11 is 12.6. The average molecular weight is 510 g/mol. The summed E-state index contributed by atoms with van der Waals surface area (Å²) in [4.78, 5) is 18.0. The molecule has 10 heteroatoms. The normalized spacial score (nSPS) is 17.0. The van der Waals surface area contributed by atoms with E-state index in [1.807, 2.05) is 24.3 Å². The Hall–Kier alpha value is -3.20. The van der Waals surface area contributed by atoms with E-state index in [0.29, 0.717) is 40.5 Å². The van der Waals surface area contributed by atoms with Crippen LogP contribution in [0.15, 0.2) is 47.6 Å². The van der Waals surface area contributed by atoms with Crippen LogP contribution in [0.1, 0.15) is 11.1 Å². The van der Waals surface area contributed by atoms with Gasteiger partial charge < -0.3 is 20.4 Å². The molecule has 1 aromatic heterocycles. The van der Waals surface area contributed by atoms with Crippen LogP contribution in [0.2, 0.25) is 10.0 Å². The van der Waals surface area contributed by atoms with Gasteiger partial charge in [-0.05, 0) is 36.4 Å². The maximum absolute atomic E-state index is 14.9. The number of nitrogens with zero attached hydrogens (tertiary/aromatic N) is 5. The van der Waals surface area contributed by atoms with Gasteiger partial charge in [0.05, 0.1) is 17.3 Å². The summed E-state index contributed by atoms with van der Waals surface area (Å²) in [6, 6.07) is 10.6. The Morgan fingerprint density at radius 3 is 2.69 bits per heavy atom. The first-order chi connectivity index (χ1) is 17.1. The van der Waals surface area contributed by atoms with E-state index < -0.39 is 0 Å². The lowest BCUT2D eigenvalue weighted by atomic mass is 9.98. The van der Waals surface area contributed by atoms with Crippen LogP contribution in [0.5, 0.6) is 0 Å². The molecular formula is C25H22Cl2FN7. The first kappa shape index (κ1) is 22.3. The second-order valence-electron chi connectivity index (χ2n) is 8.54. The van der Waals surface area contributed by atoms with Crippen LogP contribution in [0.3, 0.4) is 0 Å². The number of nitrogens with one attached hydrogen (secondary N) is 2. The highest BCUT2D eigenvalue weighted by molar-refractivity contribution is 6.41. The predicted octanol–water partition coefficient (Wildman–Crippen LogP) is 4.85. The number of halogens is 3. The van der Waals surface area contributed by atoms with E-state index in [4.69, 9.17) is 33.2 Å². The Labute approximate surface area is 212 Å². The second-order valence-corrected chi connectivity index (χ2v) is 9.38. The van der Waals surface area contributed by atoms with Crippen molar-refractivity contribution in [2.75, 3.05) is 54.4 Å². The van der Waals surface area contributed by atoms with Crippen molar-refractivity contribution in [3.05, 3.63) is 69.6 Å². The van der Waals surface area contributed by atoms with Crippen molar-refractivity contribution in [3.63, 3.8) is 0 Å². The van der Waals surface area contributed by atoms with Crippen LogP contribution in [0.4, 0.5) is 27.5 Å². The standard InChI is InChI=1S/C25H22Cl2FN7/c26-16-1-3-18(20(27)12-16)19-11-15-14-31-25(33-23(15)35-10-7-30-24(19)35)32-17-2-4-22(21(28)13-17)34-8-5-29-6-9-34/h1-4,11-14,29H,5-10H2,(H,31,32,33). The van der Waals surface area contributed by atoms with Gasteiger partial charge in [-0.2, -0.15) is 4.98 Å². The molecule has 0 amide bonds. The minimum absolute atomic E-state index is 0.267. The molecule has 0 atom stereocenters. The topological polar surface area (TPSA) is 68.7 Å². The second kappa shape index (κ2) is 9.11. The highest BCUT2D eigenvalue weighted by Gasteiger charge is 2.31. The third-order valence-electron chi connectivity index (χ3n) is 6.32. The Bertz CT molecular complexity index is 1370. The summed E-state index contributed by atoms with van der Waals surface area (Å²) in [5, 5.41) is 7.57. The molecule has 0 aliphatic carbocycles. The molecule has 178 valence electrons. The smallest absolute Gasteiger partial charge is 0.229 e. The number of anilines is 4. The van der Waals surface area contributed by atoms with Crippen molar-refractivity contribution >= 4 is 63.8 Å². The van der Waals surface area contributed by atoms with Crippen molar-refractivity contribution in [3.8, 4) is 0 Å². The van der Waals surface area contributed by atoms with Crippen LogP contribution in [0, 0.1) is 5.82 Å². The minimum atomic E-state index is -0.267. The molecule has 0 bridgehead atoms. The molecule has 6 rings (SSSR count). The van der Waals surface area contributed by atoms with Crippen molar-refractivity contribution < 1.29 is 4.39 Å². The van der Waals surface area contributed by atoms with Crippen LogP contribution in [-0.2, 0) is 0 Å². The summed E-state index contributed by atoms with van der Waals surface area (Å²) in [7, 11) is 0. The minimum Gasteiger partial charge on any atom is -0.367 e. The summed E-state index contributed by atoms with van der Waals surface area (Å²) in [6.07, 6.45) is 3.76. The van der Waals surface area contributed by atoms with Gasteiger partial charge in [-0.3, -0.25) is 4.99 Å². The van der Waals surface area contributed by atoms with E-state index in [9.17, 15) is 4.39 Å². The number of rotatable bonds is 4. The lowest BCUT2D eigenvalue weighted by molar-refractivity contribution is 0.566. The first-order valence-electron chi connectivity index (χ1n) is 11.5. The van der Waals surface area contributed by atoms with Crippen molar-refractivity contribution in [1.82, 2.24) is 15.3 Å². The average Bonchev–Trinajstić information content (AvgIpc) is 3.35. The highest BCUT2D eigenvalue weighted by atomic mass is 35.5. The number of piperazine rings is 1. The van der Waals surface area contributed by atoms with Crippen molar-refractivity contribution in [2.24, 2.45) is 4.99 Å². The van der Waals surface area contributed by atoms with E-state index >= 15 is 0 Å². The molecule has 3 aromatic rings. The zero-order valence-electron chi connectivity index (χ0n) is 18.7. The van der Waals surface area contributed by atoms with Crippen LogP contribution in [-0.4, -0.2) is 55.1 Å². The number of benzene rings is 2. The zero-order valence-corrected chi connectivity index (χ0v) is 20.2. The van der Waals surface area contributed by atoms with E-state index in [1.54, 1.807) is 18.3 Å². The predicted molar refractivity (Wildman–Crippen MR) is 141 cm³/mol. The van der Waals surface area contributed by atoms with Gasteiger partial charge >= 0.3 is 0 Å². The molecule has 7 nitrogen and oxygen atoms in total. The number of aliphatic imine (C=N–C) groups is 1. The van der Waals surface area contributed by atoms with Crippen LogP contribution >= 0.6 is 23.2 Å². The van der Waals surface area contributed by atoms with Gasteiger partial charge in [-0.15, -0.1) is 0 Å². The van der Waals surface area contributed by atoms with Gasteiger partial charge in [0, 0.05) is 66.3 Å². The fourth-order valence-electron chi connectivity index (χ4n) is 4.65. The molecular weight excluding hydrogens is 488 g/mol. The maximum atomic E-state index is 14.9. The lowest BCUT2D eigenvalue weighted by Gasteiger charge is -2.30. The molecule has 3 aliphatic heterocycles. The highest BCUT2D eigenvalue weighted by Crippen LogP contribution is 2.38. The van der Waals surface area contributed by atoms with E-state index in [-0.39, 0.29) is 5.82 Å². The Morgan fingerprint density at radius 1 is 1.03 bits per heavy atom. The van der Waals surface area contributed by atoms with Gasteiger partial charge in [0.1, 0.15) is 17.5 Å². The molecule has 35 heavy (non-hydrogen) atoms. The molecule has 4 heterocycles. The van der Waals surface area contributed by atoms with Gasteiger partial charge in [0.2, 0.25) is 5.95 Å². The molecule has 0 spiro atoms. The molecule has 1 saturated heterocycles. The summed E-state index contributed by atoms with van der Waals surface area (Å²) < 4.78 is 14.9. The number of fused-ring (bicyclic) bond motifs is 3. The quantitative estimate of drug-likeness (QED) is 0.523. The maximum Gasteiger partial charge on any atom is 0.229 e. The van der Waals surface area contributed by atoms with E-state index in [1.165, 1.54) is 6.07 Å². The Morgan fingerprint density at radius 2 is 1.89 bits per heavy atom. The molecule has 2 aromatic carbocycles. The Balaban J connectivity index is 1.30. The number of amidine groups is 1. The van der Waals surface area contributed by atoms with Gasteiger partial charge in [-0.25, -0.2) is 9.37 Å². The number of aromatic nitrogens is 2. The monoisotopic (exact) mass is 509 g/mol. The fraction of sp³-hybridized carbons (Fsp3) is 0.240. The summed E-state index contributed by atoms with van der Waals surface area (Å²) in [5.41, 5.74) is 3.83. The molecule has 0 saturated carbocycles. The van der Waals surface area contributed by atoms with E-state index in [0.717, 1.165) is 54.5 Å². The first-order valence-corrected chi connectivity index (χ1v) is 12.2. The van der Waals surface area contributed by atoms with Crippen molar-refractivity contribution in [2.45, 2.75) is 0 Å². The number of hydrogen-bond donors (Lipinski definition) is 2. The third kappa shape index (κ3) is 4.22. The molecule has 1 fully saturated rings. The molecule has 2 N–H and O–H groups in total. The summed E-state index contributed by atoms with van der Waals surface area (Å²) in [6.45, 7) is 4.63. The molecule has 0 unspecified atom stereocenters. The molecule has 3 aliphatic rings. The number of hydrogen-bond acceptors (Lipinski definition) is 7. The third-order valence-corrected chi connectivity index (χ3v) is 6.86. The largest absolute Gasteiger partial charge is 0.367 e. The molecule has 0 radical (unpaired) electrons. The van der Waals surface area contributed by atoms with Gasteiger partial charge in [-0.1, -0.05) is 29.3 Å². The van der Waals surface area contributed by atoms with Gasteiger partial charge in [0.25, 0.3) is 0 Å². The lowest BCUT2D eigenvalue weighted by Crippen LogP contribution is -2.43. The van der Waals surface area contributed by atoms with E-state index in [2.05, 4.69) is 25.4 Å². The van der Waals surface area contributed by atoms with Crippen LogP contribution in [0.25, 0.3) is 11.6 Å². The Kier molecular flexibility index (Phi) is 5.80. The van der Waals surface area contributed by atoms with Crippen LogP contribution < -0.4 is 20.4 Å². The zero-order chi connectivity index (χ0) is 23.9. The SMILES string of the molecule is Fc1cc(Nc2ncc3c(n2)N2CCN=C2C(c2ccc(Cl)cc2Cl)=C3)ccc1N1CCNCC1. The summed E-state index contributed by atoms with van der Waals surface area (Å²) in [5.74, 6) is 1.70.